The average molecular weight is 293 g/mol. The van der Waals surface area contributed by atoms with E-state index in [2.05, 4.69) is 26.2 Å². The zero-order valence-electron chi connectivity index (χ0n) is 8.62. The number of nitrogens with zero attached hydrogens (tertiary/aromatic N) is 1. The van der Waals surface area contributed by atoms with Crippen LogP contribution in [0.2, 0.25) is 0 Å². The Hall–Kier alpha value is -0.170. The minimum absolute atomic E-state index is 0.0997. The molecule has 0 spiro atoms. The SMILES string of the molecule is CC1(C)OCC(CNc2nc(Br)cs2)O1. The van der Waals surface area contributed by atoms with E-state index in [1.54, 1.807) is 11.3 Å². The number of aromatic nitrogens is 1. The van der Waals surface area contributed by atoms with E-state index in [0.717, 1.165) is 16.3 Å². The zero-order valence-corrected chi connectivity index (χ0v) is 11.0. The van der Waals surface area contributed by atoms with Gasteiger partial charge < -0.3 is 14.8 Å². The van der Waals surface area contributed by atoms with Crippen molar-refractivity contribution in [1.29, 1.82) is 0 Å². The van der Waals surface area contributed by atoms with Crippen molar-refractivity contribution in [3.05, 3.63) is 9.98 Å². The first-order valence-corrected chi connectivity index (χ1v) is 6.39. The molecule has 1 fully saturated rings. The molecule has 2 rings (SSSR count). The first-order valence-electron chi connectivity index (χ1n) is 4.72. The van der Waals surface area contributed by atoms with Gasteiger partial charge in [0.05, 0.1) is 6.61 Å². The van der Waals surface area contributed by atoms with E-state index in [9.17, 15) is 0 Å². The van der Waals surface area contributed by atoms with Crippen LogP contribution in [-0.2, 0) is 9.47 Å². The largest absolute Gasteiger partial charge is 0.359 e. The lowest BCUT2D eigenvalue weighted by atomic mass is 10.4. The van der Waals surface area contributed by atoms with Crippen LogP contribution in [0, 0.1) is 0 Å². The van der Waals surface area contributed by atoms with E-state index >= 15 is 0 Å². The maximum Gasteiger partial charge on any atom is 0.183 e. The lowest BCUT2D eigenvalue weighted by molar-refractivity contribution is -0.136. The Balaban J connectivity index is 1.80. The van der Waals surface area contributed by atoms with E-state index in [0.29, 0.717) is 6.61 Å². The summed E-state index contributed by atoms with van der Waals surface area (Å²) in [5, 5.41) is 6.06. The van der Waals surface area contributed by atoms with Crippen LogP contribution in [0.15, 0.2) is 9.98 Å². The highest BCUT2D eigenvalue weighted by molar-refractivity contribution is 9.10. The van der Waals surface area contributed by atoms with E-state index < -0.39 is 5.79 Å². The van der Waals surface area contributed by atoms with Crippen molar-refractivity contribution in [3.63, 3.8) is 0 Å². The van der Waals surface area contributed by atoms with Crippen LogP contribution in [0.1, 0.15) is 13.8 Å². The Morgan fingerprint density at radius 3 is 3.07 bits per heavy atom. The lowest BCUT2D eigenvalue weighted by Gasteiger charge is -2.17. The molecule has 4 nitrogen and oxygen atoms in total. The van der Waals surface area contributed by atoms with E-state index in [4.69, 9.17) is 9.47 Å². The molecule has 0 radical (unpaired) electrons. The minimum atomic E-state index is -0.449. The van der Waals surface area contributed by atoms with Crippen LogP contribution in [0.3, 0.4) is 0 Å². The Bertz CT molecular complexity index is 343. The summed E-state index contributed by atoms with van der Waals surface area (Å²) in [7, 11) is 0. The maximum atomic E-state index is 5.66. The Morgan fingerprint density at radius 2 is 2.53 bits per heavy atom. The van der Waals surface area contributed by atoms with Gasteiger partial charge in [0, 0.05) is 11.9 Å². The summed E-state index contributed by atoms with van der Waals surface area (Å²) in [5.74, 6) is -0.449. The van der Waals surface area contributed by atoms with Gasteiger partial charge in [-0.2, -0.15) is 0 Å². The second kappa shape index (κ2) is 4.37. The molecule has 0 aromatic carbocycles. The molecule has 0 saturated carbocycles. The van der Waals surface area contributed by atoms with Crippen molar-refractivity contribution < 1.29 is 9.47 Å². The van der Waals surface area contributed by atoms with Gasteiger partial charge in [-0.15, -0.1) is 11.3 Å². The summed E-state index contributed by atoms with van der Waals surface area (Å²) in [6, 6.07) is 0. The summed E-state index contributed by atoms with van der Waals surface area (Å²) in [4.78, 5) is 4.24. The first kappa shape index (κ1) is 11.3. The Morgan fingerprint density at radius 1 is 1.73 bits per heavy atom. The standard InChI is InChI=1S/C9H13BrN2O2S/c1-9(2)13-4-6(14-9)3-11-8-12-7(10)5-15-8/h5-6H,3-4H2,1-2H3,(H,11,12). The second-order valence-electron chi connectivity index (χ2n) is 3.81. The second-order valence-corrected chi connectivity index (χ2v) is 5.48. The fraction of sp³-hybridized carbons (Fsp3) is 0.667. The molecule has 1 aliphatic heterocycles. The third-order valence-corrected chi connectivity index (χ3v) is 3.53. The molecule has 1 N–H and O–H groups in total. The fourth-order valence-electron chi connectivity index (χ4n) is 1.40. The maximum absolute atomic E-state index is 5.66. The first-order chi connectivity index (χ1) is 7.05. The number of rotatable bonds is 3. The van der Waals surface area contributed by atoms with Crippen LogP contribution in [0.5, 0.6) is 0 Å². The van der Waals surface area contributed by atoms with Gasteiger partial charge in [-0.05, 0) is 29.8 Å². The van der Waals surface area contributed by atoms with Crippen molar-refractivity contribution in [1.82, 2.24) is 4.98 Å². The molecular formula is C9H13BrN2O2S. The quantitative estimate of drug-likeness (QED) is 0.929. The monoisotopic (exact) mass is 292 g/mol. The normalized spacial score (nSPS) is 24.3. The highest BCUT2D eigenvalue weighted by Crippen LogP contribution is 2.24. The number of anilines is 1. The minimum Gasteiger partial charge on any atom is -0.359 e. The summed E-state index contributed by atoms with van der Waals surface area (Å²) in [6.07, 6.45) is 0.0997. The van der Waals surface area contributed by atoms with Crippen molar-refractivity contribution in [2.24, 2.45) is 0 Å². The molecule has 2 heterocycles. The van der Waals surface area contributed by atoms with Crippen molar-refractivity contribution in [3.8, 4) is 0 Å². The smallest absolute Gasteiger partial charge is 0.183 e. The number of ether oxygens (including phenoxy) is 2. The molecule has 1 aliphatic rings. The number of halogens is 1. The van der Waals surface area contributed by atoms with E-state index in [1.165, 1.54) is 0 Å². The van der Waals surface area contributed by atoms with Gasteiger partial charge in [0.25, 0.3) is 0 Å². The van der Waals surface area contributed by atoms with Crippen molar-refractivity contribution >= 4 is 32.4 Å². The van der Waals surface area contributed by atoms with Gasteiger partial charge in [-0.1, -0.05) is 0 Å². The van der Waals surface area contributed by atoms with Gasteiger partial charge in [-0.25, -0.2) is 4.98 Å². The van der Waals surface area contributed by atoms with Crippen LogP contribution in [-0.4, -0.2) is 30.0 Å². The molecule has 6 heteroatoms. The molecule has 15 heavy (non-hydrogen) atoms. The highest BCUT2D eigenvalue weighted by Gasteiger charge is 2.32. The number of thiazole rings is 1. The number of nitrogens with one attached hydrogen (secondary N) is 1. The summed E-state index contributed by atoms with van der Waals surface area (Å²) >= 11 is 4.87. The average Bonchev–Trinajstić information content (AvgIpc) is 2.69. The van der Waals surface area contributed by atoms with Crippen molar-refractivity contribution in [2.45, 2.75) is 25.7 Å². The number of hydrogen-bond acceptors (Lipinski definition) is 5. The molecule has 1 unspecified atom stereocenters. The van der Waals surface area contributed by atoms with Gasteiger partial charge in [0.2, 0.25) is 0 Å². The van der Waals surface area contributed by atoms with Crippen LogP contribution >= 0.6 is 27.3 Å². The van der Waals surface area contributed by atoms with Crippen molar-refractivity contribution in [2.75, 3.05) is 18.5 Å². The van der Waals surface area contributed by atoms with E-state index in [-0.39, 0.29) is 6.10 Å². The van der Waals surface area contributed by atoms with Crippen LogP contribution in [0.25, 0.3) is 0 Å². The predicted octanol–water partition coefficient (Wildman–Crippen LogP) is 2.47. The summed E-state index contributed by atoms with van der Waals surface area (Å²) < 4.78 is 12.0. The van der Waals surface area contributed by atoms with Gasteiger partial charge in [-0.3, -0.25) is 0 Å². The molecule has 1 atom stereocenters. The van der Waals surface area contributed by atoms with Crippen LogP contribution in [0.4, 0.5) is 5.13 Å². The Labute approximate surface area is 101 Å². The molecule has 0 amide bonds. The third-order valence-electron chi connectivity index (χ3n) is 2.02. The van der Waals surface area contributed by atoms with E-state index in [1.807, 2.05) is 19.2 Å². The highest BCUT2D eigenvalue weighted by atomic mass is 79.9. The topological polar surface area (TPSA) is 43.4 Å². The number of hydrogen-bond donors (Lipinski definition) is 1. The van der Waals surface area contributed by atoms with Gasteiger partial charge >= 0.3 is 0 Å². The summed E-state index contributed by atoms with van der Waals surface area (Å²) in [6.45, 7) is 5.20. The van der Waals surface area contributed by atoms with Gasteiger partial charge in [0.15, 0.2) is 10.9 Å². The fourth-order valence-corrected chi connectivity index (χ4v) is 2.55. The molecule has 1 aromatic rings. The van der Waals surface area contributed by atoms with Gasteiger partial charge in [0.1, 0.15) is 10.7 Å². The molecule has 1 aromatic heterocycles. The molecule has 0 aliphatic carbocycles. The predicted molar refractivity (Wildman–Crippen MR) is 63.2 cm³/mol. The van der Waals surface area contributed by atoms with Crippen LogP contribution < -0.4 is 5.32 Å². The molecule has 84 valence electrons. The zero-order chi connectivity index (χ0) is 10.9. The molecule has 0 bridgehead atoms. The summed E-state index contributed by atoms with van der Waals surface area (Å²) in [5.41, 5.74) is 0. The molecule has 1 saturated heterocycles. The third kappa shape index (κ3) is 3.14. The molecular weight excluding hydrogens is 280 g/mol. The Kier molecular flexibility index (Phi) is 3.30. The lowest BCUT2D eigenvalue weighted by Crippen LogP contribution is -2.25.